The Labute approximate surface area is 203 Å². The maximum atomic E-state index is 11.8. The summed E-state index contributed by atoms with van der Waals surface area (Å²) in [7, 11) is -3.45. The molecule has 5 rings (SSSR count). The number of rotatable bonds is 7. The van der Waals surface area contributed by atoms with Crippen molar-refractivity contribution in [1.29, 1.82) is 0 Å². The Morgan fingerprint density at radius 1 is 1.00 bits per heavy atom. The number of sulfonamides is 1. The Kier molecular flexibility index (Phi) is 6.23. The summed E-state index contributed by atoms with van der Waals surface area (Å²) in [5, 5.41) is 6.57. The lowest BCUT2D eigenvalue weighted by atomic mass is 9.92. The Morgan fingerprint density at radius 2 is 1.69 bits per heavy atom. The number of hydrogen-bond acceptors (Lipinski definition) is 7. The Morgan fingerprint density at radius 3 is 2.37 bits per heavy atom. The summed E-state index contributed by atoms with van der Waals surface area (Å²) in [6.45, 7) is 3.36. The molecule has 3 N–H and O–H groups in total. The van der Waals surface area contributed by atoms with E-state index in [9.17, 15) is 8.42 Å². The average molecular weight is 491 g/mol. The summed E-state index contributed by atoms with van der Waals surface area (Å²) in [6.07, 6.45) is 4.35. The molecule has 35 heavy (non-hydrogen) atoms. The second-order valence-electron chi connectivity index (χ2n) is 8.53. The molecule has 0 radical (unpaired) electrons. The molecule has 1 aliphatic rings. The van der Waals surface area contributed by atoms with Gasteiger partial charge in [0.25, 0.3) is 0 Å². The molecule has 4 aromatic rings. The molecule has 1 saturated carbocycles. The zero-order chi connectivity index (χ0) is 24.4. The van der Waals surface area contributed by atoms with Gasteiger partial charge >= 0.3 is 0 Å². The normalized spacial score (nSPS) is 18.4. The SMILES string of the molecule is C=CS(=O)(=O)N[C@H]1CC[C@H](n2nc(-c3ccc(Oc4ccccc4)cc3)c3c(N)ncnc32)CC1. The van der Waals surface area contributed by atoms with E-state index in [4.69, 9.17) is 15.6 Å². The molecule has 9 nitrogen and oxygen atoms in total. The molecule has 2 aromatic carbocycles. The number of nitrogens with zero attached hydrogens (tertiary/aromatic N) is 4. The van der Waals surface area contributed by atoms with E-state index >= 15 is 0 Å². The van der Waals surface area contributed by atoms with Crippen molar-refractivity contribution in [3.63, 3.8) is 0 Å². The quantitative estimate of drug-likeness (QED) is 0.393. The van der Waals surface area contributed by atoms with Crippen molar-refractivity contribution in [3.05, 3.63) is 72.9 Å². The van der Waals surface area contributed by atoms with E-state index < -0.39 is 10.0 Å². The van der Waals surface area contributed by atoms with E-state index in [1.165, 1.54) is 6.33 Å². The first-order valence-corrected chi connectivity index (χ1v) is 12.9. The topological polar surface area (TPSA) is 125 Å². The average Bonchev–Trinajstić information content (AvgIpc) is 3.26. The largest absolute Gasteiger partial charge is 0.457 e. The van der Waals surface area contributed by atoms with Gasteiger partial charge in [0.05, 0.1) is 11.4 Å². The Balaban J connectivity index is 1.41. The number of para-hydroxylation sites is 1. The van der Waals surface area contributed by atoms with Gasteiger partial charge in [-0.3, -0.25) is 0 Å². The second kappa shape index (κ2) is 9.47. The lowest BCUT2D eigenvalue weighted by molar-refractivity contribution is 0.299. The minimum atomic E-state index is -3.45. The van der Waals surface area contributed by atoms with Gasteiger partial charge in [-0.2, -0.15) is 5.10 Å². The van der Waals surface area contributed by atoms with E-state index in [1.54, 1.807) is 0 Å². The second-order valence-corrected chi connectivity index (χ2v) is 10.2. The Hall–Kier alpha value is -3.76. The van der Waals surface area contributed by atoms with Crippen molar-refractivity contribution in [2.24, 2.45) is 0 Å². The monoisotopic (exact) mass is 490 g/mol. The number of nitrogen functional groups attached to an aromatic ring is 1. The molecule has 0 unspecified atom stereocenters. The van der Waals surface area contributed by atoms with Gasteiger partial charge in [0.1, 0.15) is 29.3 Å². The molecular formula is C25H26N6O3S. The van der Waals surface area contributed by atoms with Crippen molar-refractivity contribution in [1.82, 2.24) is 24.5 Å². The van der Waals surface area contributed by atoms with Crippen LogP contribution in [0.25, 0.3) is 22.3 Å². The lowest BCUT2D eigenvalue weighted by Gasteiger charge is -2.28. The summed E-state index contributed by atoms with van der Waals surface area (Å²) in [5.74, 6) is 1.85. The van der Waals surface area contributed by atoms with E-state index in [0.717, 1.165) is 29.6 Å². The third-order valence-corrected chi connectivity index (χ3v) is 7.32. The molecule has 10 heteroatoms. The predicted octanol–water partition coefficient (Wildman–Crippen LogP) is 4.41. The molecule has 0 aliphatic heterocycles. The molecule has 0 bridgehead atoms. The smallest absolute Gasteiger partial charge is 0.233 e. The maximum Gasteiger partial charge on any atom is 0.233 e. The molecule has 2 heterocycles. The fourth-order valence-electron chi connectivity index (χ4n) is 4.48. The number of nitrogens with one attached hydrogen (secondary N) is 1. The molecule has 0 atom stereocenters. The first kappa shape index (κ1) is 23.0. The van der Waals surface area contributed by atoms with E-state index in [0.29, 0.717) is 41.1 Å². The molecular weight excluding hydrogens is 464 g/mol. The van der Waals surface area contributed by atoms with Crippen LogP contribution in [0, 0.1) is 0 Å². The third-order valence-electron chi connectivity index (χ3n) is 6.22. The molecule has 2 aromatic heterocycles. The third kappa shape index (κ3) is 4.89. The minimum Gasteiger partial charge on any atom is -0.457 e. The number of aromatic nitrogens is 4. The van der Waals surface area contributed by atoms with Crippen LogP contribution in [0.4, 0.5) is 5.82 Å². The van der Waals surface area contributed by atoms with Crippen molar-refractivity contribution >= 4 is 26.9 Å². The van der Waals surface area contributed by atoms with E-state index in [1.807, 2.05) is 59.3 Å². The molecule has 0 amide bonds. The molecule has 1 fully saturated rings. The highest BCUT2D eigenvalue weighted by atomic mass is 32.2. The van der Waals surface area contributed by atoms with Gasteiger partial charge in [-0.15, -0.1) is 0 Å². The summed E-state index contributed by atoms with van der Waals surface area (Å²) in [5.41, 5.74) is 8.52. The predicted molar refractivity (Wildman–Crippen MR) is 135 cm³/mol. The first-order chi connectivity index (χ1) is 16.9. The number of hydrogen-bond donors (Lipinski definition) is 2. The van der Waals surface area contributed by atoms with Gasteiger partial charge in [0.15, 0.2) is 5.65 Å². The van der Waals surface area contributed by atoms with E-state index in [-0.39, 0.29) is 12.1 Å². The minimum absolute atomic E-state index is 0.0747. The fourth-order valence-corrected chi connectivity index (χ4v) is 5.27. The summed E-state index contributed by atoms with van der Waals surface area (Å²) in [6, 6.07) is 17.2. The number of nitrogens with two attached hydrogens (primary N) is 1. The van der Waals surface area contributed by atoms with Crippen molar-refractivity contribution in [2.45, 2.75) is 37.8 Å². The van der Waals surface area contributed by atoms with Gasteiger partial charge < -0.3 is 10.5 Å². The number of fused-ring (bicyclic) bond motifs is 1. The van der Waals surface area contributed by atoms with Crippen molar-refractivity contribution < 1.29 is 13.2 Å². The summed E-state index contributed by atoms with van der Waals surface area (Å²) >= 11 is 0. The zero-order valence-electron chi connectivity index (χ0n) is 19.0. The van der Waals surface area contributed by atoms with Crippen LogP contribution in [0.5, 0.6) is 11.5 Å². The molecule has 0 saturated heterocycles. The van der Waals surface area contributed by atoms with Crippen LogP contribution < -0.4 is 15.2 Å². The molecule has 180 valence electrons. The van der Waals surface area contributed by atoms with Gasteiger partial charge in [-0.05, 0) is 62.1 Å². The van der Waals surface area contributed by atoms with Crippen LogP contribution >= 0.6 is 0 Å². The maximum absolute atomic E-state index is 11.8. The highest BCUT2D eigenvalue weighted by Gasteiger charge is 2.28. The van der Waals surface area contributed by atoms with Crippen LogP contribution in [0.2, 0.25) is 0 Å². The number of ether oxygens (including phenoxy) is 1. The van der Waals surface area contributed by atoms with Crippen molar-refractivity contribution in [3.8, 4) is 22.8 Å². The highest BCUT2D eigenvalue weighted by Crippen LogP contribution is 2.36. The van der Waals surface area contributed by atoms with Gasteiger partial charge in [-0.25, -0.2) is 27.8 Å². The standard InChI is InChI=1S/C25H26N6O3S/c1-2-35(32,33)30-18-10-12-19(13-11-18)31-25-22(24(26)27-16-28-25)23(29-31)17-8-14-21(15-9-17)34-20-6-4-3-5-7-20/h2-9,14-16,18-19,30H,1,10-13H2,(H2,26,27,28)/t18-,19-. The van der Waals surface area contributed by atoms with Gasteiger partial charge in [-0.1, -0.05) is 24.8 Å². The molecule has 0 spiro atoms. The van der Waals surface area contributed by atoms with Crippen molar-refractivity contribution in [2.75, 3.05) is 5.73 Å². The van der Waals surface area contributed by atoms with Crippen LogP contribution in [-0.4, -0.2) is 34.2 Å². The summed E-state index contributed by atoms with van der Waals surface area (Å²) in [4.78, 5) is 8.68. The van der Waals surface area contributed by atoms with Crippen LogP contribution in [0.3, 0.4) is 0 Å². The highest BCUT2D eigenvalue weighted by molar-refractivity contribution is 7.92. The van der Waals surface area contributed by atoms with Gasteiger partial charge in [0, 0.05) is 17.0 Å². The fraction of sp³-hybridized carbons (Fsp3) is 0.240. The van der Waals surface area contributed by atoms with Gasteiger partial charge in [0.2, 0.25) is 10.0 Å². The number of anilines is 1. The summed E-state index contributed by atoms with van der Waals surface area (Å²) < 4.78 is 34.2. The number of benzene rings is 2. The lowest BCUT2D eigenvalue weighted by Crippen LogP contribution is -2.37. The zero-order valence-corrected chi connectivity index (χ0v) is 19.9. The van der Waals surface area contributed by atoms with Crippen LogP contribution in [0.1, 0.15) is 31.7 Å². The first-order valence-electron chi connectivity index (χ1n) is 11.4. The Bertz CT molecular complexity index is 1440. The van der Waals surface area contributed by atoms with Crippen LogP contribution in [0.15, 0.2) is 72.9 Å². The van der Waals surface area contributed by atoms with Crippen LogP contribution in [-0.2, 0) is 10.0 Å². The van der Waals surface area contributed by atoms with E-state index in [2.05, 4.69) is 21.3 Å². The molecule has 1 aliphatic carbocycles.